The number of rotatable bonds is 5. The lowest BCUT2D eigenvalue weighted by atomic mass is 9.87. The number of carbonyl (C=O) groups excluding carboxylic acids is 1. The van der Waals surface area contributed by atoms with Crippen molar-refractivity contribution in [2.24, 2.45) is 0 Å². The average Bonchev–Trinajstić information content (AvgIpc) is 3.00. The van der Waals surface area contributed by atoms with Gasteiger partial charge in [0.2, 0.25) is 5.78 Å². The van der Waals surface area contributed by atoms with Gasteiger partial charge in [0.05, 0.1) is 5.56 Å². The van der Waals surface area contributed by atoms with Gasteiger partial charge < -0.3 is 5.11 Å². The quantitative estimate of drug-likeness (QED) is 0.166. The fraction of sp³-hybridized carbons (Fsp3) is 0.0571. The number of hydrogen-bond acceptors (Lipinski definition) is 2. The number of benzene rings is 6. The van der Waals surface area contributed by atoms with Crippen LogP contribution in [0.1, 0.15) is 10.4 Å². The van der Waals surface area contributed by atoms with E-state index in [0.29, 0.717) is 21.9 Å². The molecule has 0 aromatic heterocycles. The number of hydrogen-bond donors (Lipinski definition) is 1. The molecule has 0 unspecified atom stereocenters. The number of aromatic hydroxyl groups is 1. The molecule has 0 aliphatic carbocycles. The fourth-order valence-corrected chi connectivity index (χ4v) is 5.26. The normalized spacial score (nSPS) is 12.1. The first-order chi connectivity index (χ1) is 20.1. The largest absolute Gasteiger partial charge is 0.507 e. The van der Waals surface area contributed by atoms with Crippen LogP contribution in [0.4, 0.5) is 22.0 Å². The third-order valence-electron chi connectivity index (χ3n) is 7.36. The average molecular weight is 569 g/mol. The molecule has 0 amide bonds. The van der Waals surface area contributed by atoms with Crippen molar-refractivity contribution in [3.05, 3.63) is 127 Å². The van der Waals surface area contributed by atoms with Crippen LogP contribution in [0.15, 0.2) is 121 Å². The van der Waals surface area contributed by atoms with Gasteiger partial charge >= 0.3 is 12.1 Å². The summed E-state index contributed by atoms with van der Waals surface area (Å²) in [6.07, 6.45) is -6.13. The molecular formula is C35H21F5O2. The van der Waals surface area contributed by atoms with Gasteiger partial charge in [0.1, 0.15) is 5.75 Å². The second-order valence-corrected chi connectivity index (χ2v) is 9.96. The zero-order valence-corrected chi connectivity index (χ0v) is 21.8. The summed E-state index contributed by atoms with van der Waals surface area (Å²) in [7, 11) is 0. The minimum absolute atomic E-state index is 0.00787. The third kappa shape index (κ3) is 4.57. The molecular weight excluding hydrogens is 547 g/mol. The topological polar surface area (TPSA) is 37.3 Å². The van der Waals surface area contributed by atoms with E-state index in [1.54, 1.807) is 48.5 Å². The number of Topliss-reactive ketones (excluding diaryl/α,β-unsaturated/α-hetero) is 1. The van der Waals surface area contributed by atoms with Crippen molar-refractivity contribution in [3.8, 4) is 39.1 Å². The SMILES string of the molecule is O=C(c1cc2cc(-c3ccccc3)ccc2c(-c2cccc3cc(-c4ccccc4)ccc23)c1O)C(F)(F)C(F)(F)F. The Morgan fingerprint density at radius 3 is 1.67 bits per heavy atom. The van der Waals surface area contributed by atoms with Gasteiger partial charge in [-0.25, -0.2) is 0 Å². The Hall–Kier alpha value is -5.04. The number of phenols is 1. The summed E-state index contributed by atoms with van der Waals surface area (Å²) in [5, 5.41) is 13.3. The highest BCUT2D eigenvalue weighted by Gasteiger charge is 2.63. The molecule has 1 N–H and O–H groups in total. The molecule has 0 radical (unpaired) electrons. The standard InChI is InChI=1S/C35H21F5O2/c36-34(37,35(38,39)40)33(42)30-20-26-19-24(22-10-5-2-6-11-22)15-17-28(26)31(32(30)41)29-13-7-12-25-18-23(14-16-27(25)29)21-8-3-1-4-9-21/h1-20,41H. The van der Waals surface area contributed by atoms with Crippen molar-refractivity contribution in [1.29, 1.82) is 0 Å². The Labute approximate surface area is 237 Å². The highest BCUT2D eigenvalue weighted by Crippen LogP contribution is 2.46. The smallest absolute Gasteiger partial charge is 0.461 e. The van der Waals surface area contributed by atoms with Crippen LogP contribution >= 0.6 is 0 Å². The van der Waals surface area contributed by atoms with E-state index in [-0.39, 0.29) is 10.9 Å². The number of carbonyl (C=O) groups is 1. The molecule has 42 heavy (non-hydrogen) atoms. The monoisotopic (exact) mass is 568 g/mol. The van der Waals surface area contributed by atoms with Gasteiger partial charge in [-0.2, -0.15) is 22.0 Å². The van der Waals surface area contributed by atoms with Gasteiger partial charge in [-0.3, -0.25) is 4.79 Å². The fourth-order valence-electron chi connectivity index (χ4n) is 5.26. The Morgan fingerprint density at radius 2 is 1.10 bits per heavy atom. The summed E-state index contributed by atoms with van der Waals surface area (Å²) >= 11 is 0. The van der Waals surface area contributed by atoms with Crippen LogP contribution in [-0.2, 0) is 0 Å². The Kier molecular flexibility index (Phi) is 6.53. The van der Waals surface area contributed by atoms with Crippen molar-refractivity contribution in [3.63, 3.8) is 0 Å². The summed E-state index contributed by atoms with van der Waals surface area (Å²) in [5.41, 5.74) is 2.58. The van der Waals surface area contributed by atoms with Crippen molar-refractivity contribution in [1.82, 2.24) is 0 Å². The number of alkyl halides is 5. The predicted octanol–water partition coefficient (Wildman–Crippen LogP) is 10.1. The van der Waals surface area contributed by atoms with Crippen LogP contribution < -0.4 is 0 Å². The van der Waals surface area contributed by atoms with Gasteiger partial charge in [0.25, 0.3) is 0 Å². The molecule has 0 spiro atoms. The molecule has 0 bridgehead atoms. The van der Waals surface area contributed by atoms with E-state index in [0.717, 1.165) is 28.1 Å². The minimum atomic E-state index is -6.13. The second kappa shape index (κ2) is 10.1. The molecule has 2 nitrogen and oxygen atoms in total. The first kappa shape index (κ1) is 27.1. The maximum Gasteiger partial charge on any atom is 0.461 e. The van der Waals surface area contributed by atoms with Gasteiger partial charge in [0.15, 0.2) is 0 Å². The van der Waals surface area contributed by atoms with Crippen molar-refractivity contribution >= 4 is 27.3 Å². The third-order valence-corrected chi connectivity index (χ3v) is 7.36. The van der Waals surface area contributed by atoms with Crippen LogP contribution in [0.5, 0.6) is 5.75 Å². The molecule has 0 saturated carbocycles. The zero-order chi connectivity index (χ0) is 29.6. The van der Waals surface area contributed by atoms with Gasteiger partial charge in [0, 0.05) is 5.56 Å². The summed E-state index contributed by atoms with van der Waals surface area (Å²) in [6, 6.07) is 35.4. The van der Waals surface area contributed by atoms with Crippen LogP contribution in [0.2, 0.25) is 0 Å². The van der Waals surface area contributed by atoms with Crippen LogP contribution in [0.3, 0.4) is 0 Å². The molecule has 0 fully saturated rings. The van der Waals surface area contributed by atoms with E-state index in [4.69, 9.17) is 0 Å². The van der Waals surface area contributed by atoms with E-state index in [2.05, 4.69) is 0 Å². The van der Waals surface area contributed by atoms with E-state index in [9.17, 15) is 31.9 Å². The summed E-state index contributed by atoms with van der Waals surface area (Å²) in [5.74, 6) is -9.16. The molecule has 0 atom stereocenters. The lowest BCUT2D eigenvalue weighted by molar-refractivity contribution is -0.255. The van der Waals surface area contributed by atoms with Crippen LogP contribution in [0.25, 0.3) is 54.9 Å². The molecule has 0 aliphatic heterocycles. The number of halogens is 5. The lowest BCUT2D eigenvalue weighted by Crippen LogP contribution is -2.44. The lowest BCUT2D eigenvalue weighted by Gasteiger charge is -2.21. The molecule has 6 rings (SSSR count). The highest BCUT2D eigenvalue weighted by atomic mass is 19.4. The molecule has 6 aromatic rings. The summed E-state index contributed by atoms with van der Waals surface area (Å²) in [4.78, 5) is 12.8. The van der Waals surface area contributed by atoms with Crippen molar-refractivity contribution in [2.75, 3.05) is 0 Å². The first-order valence-electron chi connectivity index (χ1n) is 13.0. The van der Waals surface area contributed by atoms with Crippen molar-refractivity contribution < 1.29 is 31.9 Å². The van der Waals surface area contributed by atoms with E-state index >= 15 is 0 Å². The molecule has 7 heteroatoms. The summed E-state index contributed by atoms with van der Waals surface area (Å²) < 4.78 is 68.5. The molecule has 0 aliphatic rings. The maximum absolute atomic E-state index is 14.3. The predicted molar refractivity (Wildman–Crippen MR) is 155 cm³/mol. The van der Waals surface area contributed by atoms with Gasteiger partial charge in [-0.05, 0) is 67.6 Å². The summed E-state index contributed by atoms with van der Waals surface area (Å²) in [6.45, 7) is 0. The van der Waals surface area contributed by atoms with Crippen LogP contribution in [0, 0.1) is 0 Å². The van der Waals surface area contributed by atoms with Crippen LogP contribution in [-0.4, -0.2) is 23.0 Å². The number of phenolic OH excluding ortho intramolecular Hbond substituents is 1. The second-order valence-electron chi connectivity index (χ2n) is 9.96. The molecule has 0 saturated heterocycles. The Bertz CT molecular complexity index is 1960. The van der Waals surface area contributed by atoms with E-state index < -0.39 is 29.2 Å². The van der Waals surface area contributed by atoms with E-state index in [1.807, 2.05) is 66.7 Å². The first-order valence-corrected chi connectivity index (χ1v) is 13.0. The number of fused-ring (bicyclic) bond motifs is 2. The zero-order valence-electron chi connectivity index (χ0n) is 21.8. The maximum atomic E-state index is 14.3. The van der Waals surface area contributed by atoms with Crippen molar-refractivity contribution in [2.45, 2.75) is 12.1 Å². The van der Waals surface area contributed by atoms with Gasteiger partial charge in [-0.15, -0.1) is 0 Å². The number of ketones is 1. The van der Waals surface area contributed by atoms with Gasteiger partial charge in [-0.1, -0.05) is 103 Å². The minimum Gasteiger partial charge on any atom is -0.507 e. The Balaban J connectivity index is 1.63. The molecule has 0 heterocycles. The van der Waals surface area contributed by atoms with E-state index in [1.165, 1.54) is 0 Å². The molecule has 208 valence electrons. The highest BCUT2D eigenvalue weighted by molar-refractivity contribution is 6.15. The molecule has 6 aromatic carbocycles. The Morgan fingerprint density at radius 1 is 0.548 bits per heavy atom.